The molecule has 0 N–H and O–H groups in total. The van der Waals surface area contributed by atoms with E-state index in [1.54, 1.807) is 6.21 Å². The predicted octanol–water partition coefficient (Wildman–Crippen LogP) is 1.82. The Morgan fingerprint density at radius 1 is 1.40 bits per heavy atom. The summed E-state index contributed by atoms with van der Waals surface area (Å²) in [5, 5.41) is 0. The van der Waals surface area contributed by atoms with Gasteiger partial charge in [0.2, 0.25) is 0 Å². The van der Waals surface area contributed by atoms with Crippen LogP contribution in [-0.4, -0.2) is 17.6 Å². The fourth-order valence-electron chi connectivity index (χ4n) is 0.905. The first-order valence-corrected chi connectivity index (χ1v) is 3.38. The van der Waals surface area contributed by atoms with Gasteiger partial charge in [0, 0.05) is 11.9 Å². The van der Waals surface area contributed by atoms with E-state index in [2.05, 4.69) is 9.98 Å². The van der Waals surface area contributed by atoms with E-state index < -0.39 is 0 Å². The van der Waals surface area contributed by atoms with Crippen LogP contribution in [0.25, 0.3) is 0 Å². The number of hydrogen-bond donors (Lipinski definition) is 0. The number of allylic oxidation sites excluding steroid dienone is 2. The SMILES string of the molecule is CC1=NC(C)(C)N=CC=C1. The van der Waals surface area contributed by atoms with Crippen molar-refractivity contribution in [3.63, 3.8) is 0 Å². The predicted molar refractivity (Wildman–Crippen MR) is 44.8 cm³/mol. The molecule has 0 unspecified atom stereocenters. The molecule has 1 rings (SSSR count). The maximum absolute atomic E-state index is 4.34. The average molecular weight is 136 g/mol. The minimum absolute atomic E-state index is 0.270. The van der Waals surface area contributed by atoms with Gasteiger partial charge in [0.05, 0.1) is 0 Å². The Bertz CT molecular complexity index is 209. The second-order valence-corrected chi connectivity index (χ2v) is 2.88. The summed E-state index contributed by atoms with van der Waals surface area (Å²) in [7, 11) is 0. The molecule has 1 heterocycles. The van der Waals surface area contributed by atoms with Gasteiger partial charge >= 0.3 is 0 Å². The zero-order chi connectivity index (χ0) is 7.61. The lowest BCUT2D eigenvalue weighted by Crippen LogP contribution is -2.13. The molecule has 1 aliphatic rings. The fraction of sp³-hybridized carbons (Fsp3) is 0.500. The van der Waals surface area contributed by atoms with Crippen LogP contribution < -0.4 is 0 Å². The summed E-state index contributed by atoms with van der Waals surface area (Å²) >= 11 is 0. The summed E-state index contributed by atoms with van der Waals surface area (Å²) in [5.41, 5.74) is 0.760. The van der Waals surface area contributed by atoms with Crippen molar-refractivity contribution in [1.29, 1.82) is 0 Å². The molecule has 0 radical (unpaired) electrons. The molecule has 0 aromatic carbocycles. The van der Waals surface area contributed by atoms with Gasteiger partial charge in [0.15, 0.2) is 0 Å². The Kier molecular flexibility index (Phi) is 1.70. The van der Waals surface area contributed by atoms with Crippen molar-refractivity contribution in [2.45, 2.75) is 26.4 Å². The van der Waals surface area contributed by atoms with Crippen LogP contribution >= 0.6 is 0 Å². The lowest BCUT2D eigenvalue weighted by Gasteiger charge is -2.12. The minimum atomic E-state index is -0.270. The minimum Gasteiger partial charge on any atom is -0.264 e. The van der Waals surface area contributed by atoms with Crippen LogP contribution in [0.2, 0.25) is 0 Å². The highest BCUT2D eigenvalue weighted by Gasteiger charge is 2.12. The van der Waals surface area contributed by atoms with Crippen molar-refractivity contribution in [3.8, 4) is 0 Å². The summed E-state index contributed by atoms with van der Waals surface area (Å²) in [6, 6.07) is 0. The lowest BCUT2D eigenvalue weighted by atomic mass is 10.2. The molecule has 0 amide bonds. The van der Waals surface area contributed by atoms with Gasteiger partial charge in [-0.1, -0.05) is 0 Å². The first kappa shape index (κ1) is 7.19. The topological polar surface area (TPSA) is 24.7 Å². The Balaban J connectivity index is 2.93. The van der Waals surface area contributed by atoms with Crippen molar-refractivity contribution in [1.82, 2.24) is 0 Å². The molecule has 2 nitrogen and oxygen atoms in total. The Morgan fingerprint density at radius 3 is 2.80 bits per heavy atom. The third kappa shape index (κ3) is 1.79. The standard InChI is InChI=1S/C8H12N2/c1-7-5-4-6-9-8(2,3)10-7/h4-6H,1-3H3. The van der Waals surface area contributed by atoms with Gasteiger partial charge < -0.3 is 0 Å². The zero-order valence-corrected chi connectivity index (χ0v) is 6.63. The highest BCUT2D eigenvalue weighted by molar-refractivity contribution is 5.97. The third-order valence-corrected chi connectivity index (χ3v) is 1.26. The summed E-state index contributed by atoms with van der Waals surface area (Å²) in [4.78, 5) is 8.55. The van der Waals surface area contributed by atoms with E-state index >= 15 is 0 Å². The van der Waals surface area contributed by atoms with Gasteiger partial charge in [-0.05, 0) is 32.9 Å². The van der Waals surface area contributed by atoms with Crippen LogP contribution in [-0.2, 0) is 0 Å². The van der Waals surface area contributed by atoms with E-state index in [1.165, 1.54) is 0 Å². The normalized spacial score (nSPS) is 22.1. The summed E-state index contributed by atoms with van der Waals surface area (Å²) in [6.45, 7) is 5.95. The maximum Gasteiger partial charge on any atom is 0.144 e. The Morgan fingerprint density at radius 2 is 2.10 bits per heavy atom. The van der Waals surface area contributed by atoms with Crippen molar-refractivity contribution in [2.24, 2.45) is 9.98 Å². The highest BCUT2D eigenvalue weighted by atomic mass is 15.1. The second kappa shape index (κ2) is 2.37. The molecule has 0 fully saturated rings. The number of hydrogen-bond acceptors (Lipinski definition) is 2. The smallest absolute Gasteiger partial charge is 0.144 e. The van der Waals surface area contributed by atoms with E-state index in [-0.39, 0.29) is 5.66 Å². The van der Waals surface area contributed by atoms with Gasteiger partial charge in [0.25, 0.3) is 0 Å². The molecule has 0 bridgehead atoms. The Labute approximate surface area is 61.4 Å². The highest BCUT2D eigenvalue weighted by Crippen LogP contribution is 2.12. The molecule has 0 spiro atoms. The number of nitrogens with zero attached hydrogens (tertiary/aromatic N) is 2. The molecule has 0 atom stereocenters. The first-order valence-electron chi connectivity index (χ1n) is 3.38. The molecule has 0 saturated carbocycles. The van der Waals surface area contributed by atoms with E-state index in [0.29, 0.717) is 0 Å². The van der Waals surface area contributed by atoms with Crippen LogP contribution in [0, 0.1) is 0 Å². The molecule has 10 heavy (non-hydrogen) atoms. The van der Waals surface area contributed by atoms with E-state index in [4.69, 9.17) is 0 Å². The van der Waals surface area contributed by atoms with Crippen LogP contribution in [0.15, 0.2) is 22.1 Å². The molecular formula is C8H12N2. The first-order chi connectivity index (χ1) is 4.60. The van der Waals surface area contributed by atoms with Crippen molar-refractivity contribution in [2.75, 3.05) is 0 Å². The molecule has 0 aliphatic carbocycles. The van der Waals surface area contributed by atoms with Gasteiger partial charge in [-0.3, -0.25) is 9.98 Å². The van der Waals surface area contributed by atoms with E-state index in [9.17, 15) is 0 Å². The van der Waals surface area contributed by atoms with Crippen LogP contribution in [0.5, 0.6) is 0 Å². The van der Waals surface area contributed by atoms with Crippen LogP contribution in [0.1, 0.15) is 20.8 Å². The summed E-state index contributed by atoms with van der Waals surface area (Å²) in [6.07, 6.45) is 5.66. The quantitative estimate of drug-likeness (QED) is 0.485. The number of rotatable bonds is 0. The van der Waals surface area contributed by atoms with Gasteiger partial charge in [-0.25, -0.2) is 0 Å². The molecule has 2 heteroatoms. The number of aliphatic imine (C=N–C) groups is 2. The van der Waals surface area contributed by atoms with E-state index in [1.807, 2.05) is 32.9 Å². The zero-order valence-electron chi connectivity index (χ0n) is 6.63. The average Bonchev–Trinajstić information content (AvgIpc) is 1.90. The van der Waals surface area contributed by atoms with Gasteiger partial charge in [-0.15, -0.1) is 0 Å². The fourth-order valence-corrected chi connectivity index (χ4v) is 0.905. The molecule has 0 aromatic rings. The lowest BCUT2D eigenvalue weighted by molar-refractivity contribution is 0.558. The third-order valence-electron chi connectivity index (χ3n) is 1.26. The van der Waals surface area contributed by atoms with Crippen LogP contribution in [0.4, 0.5) is 0 Å². The van der Waals surface area contributed by atoms with Crippen molar-refractivity contribution in [3.05, 3.63) is 12.2 Å². The molecule has 1 aliphatic heterocycles. The monoisotopic (exact) mass is 136 g/mol. The maximum atomic E-state index is 4.34. The van der Waals surface area contributed by atoms with Gasteiger partial charge in [-0.2, -0.15) is 0 Å². The molecule has 54 valence electrons. The van der Waals surface area contributed by atoms with Gasteiger partial charge in [0.1, 0.15) is 5.66 Å². The molecule has 0 aromatic heterocycles. The molecular weight excluding hydrogens is 124 g/mol. The van der Waals surface area contributed by atoms with Crippen molar-refractivity contribution >= 4 is 11.9 Å². The summed E-state index contributed by atoms with van der Waals surface area (Å²) in [5.74, 6) is 0. The Hall–Kier alpha value is -0.920. The molecule has 0 saturated heterocycles. The largest absolute Gasteiger partial charge is 0.264 e. The van der Waals surface area contributed by atoms with Crippen molar-refractivity contribution < 1.29 is 0 Å². The van der Waals surface area contributed by atoms with E-state index in [0.717, 1.165) is 5.71 Å². The summed E-state index contributed by atoms with van der Waals surface area (Å²) < 4.78 is 0. The second-order valence-electron chi connectivity index (χ2n) is 2.88. The van der Waals surface area contributed by atoms with Crippen LogP contribution in [0.3, 0.4) is 0 Å².